The van der Waals surface area contributed by atoms with Crippen LogP contribution in [-0.2, 0) is 11.2 Å². The van der Waals surface area contributed by atoms with Crippen LogP contribution in [0.5, 0.6) is 0 Å². The van der Waals surface area contributed by atoms with Gasteiger partial charge in [0.05, 0.1) is 6.26 Å². The number of unbranched alkanes of at least 4 members (excludes halogenated alkanes) is 1. The minimum Gasteiger partial charge on any atom is -0.469 e. The Morgan fingerprint density at radius 2 is 2.04 bits per heavy atom. The number of nitrogens with one attached hydrogen (secondary N) is 2. The highest BCUT2D eigenvalue weighted by Crippen LogP contribution is 1.99. The summed E-state index contributed by atoms with van der Waals surface area (Å²) in [6.45, 7) is 10.6. The number of hydrogen-bond donors (Lipinski definition) is 2. The number of furan rings is 1. The van der Waals surface area contributed by atoms with Gasteiger partial charge in [-0.05, 0) is 37.8 Å². The van der Waals surface area contributed by atoms with Gasteiger partial charge in [-0.1, -0.05) is 13.8 Å². The summed E-state index contributed by atoms with van der Waals surface area (Å²) in [5.74, 6) is 2.44. The predicted molar refractivity (Wildman–Crippen MR) is 107 cm³/mol. The first kappa shape index (κ1) is 22.2. The molecule has 0 aliphatic rings. The number of ether oxygens (including phenoxy) is 1. The summed E-state index contributed by atoms with van der Waals surface area (Å²) < 4.78 is 10.7. The van der Waals surface area contributed by atoms with Gasteiger partial charge in [0.2, 0.25) is 0 Å². The van der Waals surface area contributed by atoms with E-state index in [-0.39, 0.29) is 24.0 Å². The highest BCUT2D eigenvalue weighted by molar-refractivity contribution is 14.0. The molecular formula is C17H32IN3O2. The lowest BCUT2D eigenvalue weighted by atomic mass is 10.2. The van der Waals surface area contributed by atoms with Crippen molar-refractivity contribution in [2.24, 2.45) is 10.9 Å². The molecule has 0 unspecified atom stereocenters. The zero-order chi connectivity index (χ0) is 16.0. The molecule has 0 amide bonds. The van der Waals surface area contributed by atoms with Crippen LogP contribution < -0.4 is 10.6 Å². The van der Waals surface area contributed by atoms with E-state index in [0.717, 1.165) is 63.8 Å². The lowest BCUT2D eigenvalue weighted by Gasteiger charge is -2.13. The first-order valence-corrected chi connectivity index (χ1v) is 8.34. The largest absolute Gasteiger partial charge is 0.469 e. The van der Waals surface area contributed by atoms with Crippen LogP contribution in [0.4, 0.5) is 0 Å². The summed E-state index contributed by atoms with van der Waals surface area (Å²) >= 11 is 0. The highest BCUT2D eigenvalue weighted by Gasteiger charge is 2.01. The summed E-state index contributed by atoms with van der Waals surface area (Å²) in [5.41, 5.74) is 0. The second-order valence-corrected chi connectivity index (χ2v) is 5.67. The van der Waals surface area contributed by atoms with Gasteiger partial charge in [0.25, 0.3) is 0 Å². The molecule has 0 aliphatic heterocycles. The van der Waals surface area contributed by atoms with Crippen molar-refractivity contribution >= 4 is 29.9 Å². The van der Waals surface area contributed by atoms with Gasteiger partial charge in [0.15, 0.2) is 5.96 Å². The molecule has 6 heteroatoms. The van der Waals surface area contributed by atoms with Gasteiger partial charge in [0.1, 0.15) is 5.76 Å². The molecule has 0 fully saturated rings. The van der Waals surface area contributed by atoms with E-state index in [1.807, 2.05) is 19.1 Å². The van der Waals surface area contributed by atoms with Crippen LogP contribution >= 0.6 is 24.0 Å². The Kier molecular flexibility index (Phi) is 14.3. The summed E-state index contributed by atoms with van der Waals surface area (Å²) in [7, 11) is 0. The van der Waals surface area contributed by atoms with Crippen molar-refractivity contribution in [2.75, 3.05) is 32.8 Å². The van der Waals surface area contributed by atoms with Gasteiger partial charge < -0.3 is 19.8 Å². The van der Waals surface area contributed by atoms with Gasteiger partial charge in [-0.2, -0.15) is 0 Å². The van der Waals surface area contributed by atoms with E-state index in [9.17, 15) is 0 Å². The Hall–Kier alpha value is -0.760. The van der Waals surface area contributed by atoms with Crippen molar-refractivity contribution in [1.29, 1.82) is 0 Å². The van der Waals surface area contributed by atoms with E-state index < -0.39 is 0 Å². The molecule has 23 heavy (non-hydrogen) atoms. The highest BCUT2D eigenvalue weighted by atomic mass is 127. The molecule has 0 saturated heterocycles. The van der Waals surface area contributed by atoms with Gasteiger partial charge >= 0.3 is 0 Å². The molecule has 5 nitrogen and oxygen atoms in total. The van der Waals surface area contributed by atoms with Crippen LogP contribution in [0.1, 0.15) is 39.4 Å². The van der Waals surface area contributed by atoms with Crippen molar-refractivity contribution in [1.82, 2.24) is 10.6 Å². The van der Waals surface area contributed by atoms with Crippen LogP contribution in [0.25, 0.3) is 0 Å². The maximum absolute atomic E-state index is 5.34. The fourth-order valence-electron chi connectivity index (χ4n) is 1.89. The van der Waals surface area contributed by atoms with Crippen molar-refractivity contribution in [3.63, 3.8) is 0 Å². The maximum Gasteiger partial charge on any atom is 0.191 e. The SMILES string of the molecule is CCOCCCCNC(=NCC(C)C)NCCc1ccco1.I. The van der Waals surface area contributed by atoms with Crippen LogP contribution in [0.3, 0.4) is 0 Å². The van der Waals surface area contributed by atoms with Gasteiger partial charge in [-0.3, -0.25) is 4.99 Å². The van der Waals surface area contributed by atoms with Crippen LogP contribution in [0.15, 0.2) is 27.8 Å². The predicted octanol–water partition coefficient (Wildman–Crippen LogP) is 3.45. The molecule has 1 aromatic rings. The molecule has 2 N–H and O–H groups in total. The average molecular weight is 437 g/mol. The topological polar surface area (TPSA) is 58.8 Å². The molecule has 1 rings (SSSR count). The Balaban J connectivity index is 0.00000484. The lowest BCUT2D eigenvalue weighted by molar-refractivity contribution is 0.143. The van der Waals surface area contributed by atoms with Gasteiger partial charge in [-0.25, -0.2) is 0 Å². The number of aliphatic imine (C=N–C) groups is 1. The zero-order valence-electron chi connectivity index (χ0n) is 14.6. The Bertz CT molecular complexity index is 395. The molecule has 1 heterocycles. The zero-order valence-corrected chi connectivity index (χ0v) is 17.0. The molecule has 0 spiro atoms. The monoisotopic (exact) mass is 437 g/mol. The molecule has 0 aromatic carbocycles. The van der Waals surface area contributed by atoms with Crippen LogP contribution in [0.2, 0.25) is 0 Å². The number of hydrogen-bond acceptors (Lipinski definition) is 3. The molecule has 1 aromatic heterocycles. The molecule has 0 bridgehead atoms. The summed E-state index contributed by atoms with van der Waals surface area (Å²) in [6, 6.07) is 3.91. The standard InChI is InChI=1S/C17H31N3O2.HI/c1-4-21-12-6-5-10-18-17(20-14-15(2)3)19-11-9-16-8-7-13-22-16;/h7-8,13,15H,4-6,9-12,14H2,1-3H3,(H2,18,19,20);1H. The molecular weight excluding hydrogens is 405 g/mol. The second kappa shape index (κ2) is 14.8. The smallest absolute Gasteiger partial charge is 0.191 e. The second-order valence-electron chi connectivity index (χ2n) is 5.67. The Morgan fingerprint density at radius 1 is 1.26 bits per heavy atom. The fraction of sp³-hybridized carbons (Fsp3) is 0.706. The van der Waals surface area contributed by atoms with E-state index in [1.54, 1.807) is 6.26 Å². The van der Waals surface area contributed by atoms with Gasteiger partial charge in [0, 0.05) is 39.3 Å². The third-order valence-electron chi connectivity index (χ3n) is 3.07. The first-order chi connectivity index (χ1) is 10.7. The Labute approximate surface area is 157 Å². The Morgan fingerprint density at radius 3 is 2.70 bits per heavy atom. The summed E-state index contributed by atoms with van der Waals surface area (Å²) in [6.07, 6.45) is 4.73. The average Bonchev–Trinajstić information content (AvgIpc) is 3.00. The van der Waals surface area contributed by atoms with Crippen LogP contribution in [0, 0.1) is 5.92 Å². The van der Waals surface area contributed by atoms with Crippen molar-refractivity contribution in [3.05, 3.63) is 24.2 Å². The molecule has 134 valence electrons. The van der Waals surface area contributed by atoms with E-state index >= 15 is 0 Å². The normalized spacial score (nSPS) is 11.4. The first-order valence-electron chi connectivity index (χ1n) is 8.34. The molecule has 0 aliphatic carbocycles. The quantitative estimate of drug-likeness (QED) is 0.241. The molecule has 0 saturated carbocycles. The third-order valence-corrected chi connectivity index (χ3v) is 3.07. The van der Waals surface area contributed by atoms with Crippen molar-refractivity contribution in [2.45, 2.75) is 40.0 Å². The fourth-order valence-corrected chi connectivity index (χ4v) is 1.89. The minimum absolute atomic E-state index is 0. The summed E-state index contributed by atoms with van der Waals surface area (Å²) in [5, 5.41) is 6.75. The minimum atomic E-state index is 0. The molecule has 0 atom stereocenters. The van der Waals surface area contributed by atoms with Gasteiger partial charge in [-0.15, -0.1) is 24.0 Å². The van der Waals surface area contributed by atoms with E-state index in [1.165, 1.54) is 0 Å². The van der Waals surface area contributed by atoms with E-state index in [2.05, 4.69) is 29.5 Å². The lowest BCUT2D eigenvalue weighted by Crippen LogP contribution is -2.39. The number of halogens is 1. The number of rotatable bonds is 11. The van der Waals surface area contributed by atoms with E-state index in [4.69, 9.17) is 9.15 Å². The molecule has 0 radical (unpaired) electrons. The van der Waals surface area contributed by atoms with Crippen molar-refractivity contribution < 1.29 is 9.15 Å². The summed E-state index contributed by atoms with van der Waals surface area (Å²) in [4.78, 5) is 4.61. The van der Waals surface area contributed by atoms with Crippen LogP contribution in [-0.4, -0.2) is 38.8 Å². The number of nitrogens with zero attached hydrogens (tertiary/aromatic N) is 1. The van der Waals surface area contributed by atoms with E-state index in [0.29, 0.717) is 5.92 Å². The third kappa shape index (κ3) is 12.3. The maximum atomic E-state index is 5.34. The van der Waals surface area contributed by atoms with Crippen molar-refractivity contribution in [3.8, 4) is 0 Å². The number of guanidine groups is 1.